The van der Waals surface area contributed by atoms with Crippen LogP contribution >= 0.6 is 11.6 Å². The van der Waals surface area contributed by atoms with Crippen molar-refractivity contribution in [2.75, 3.05) is 6.54 Å². The Kier molecular flexibility index (Phi) is 4.61. The third kappa shape index (κ3) is 3.55. The lowest BCUT2D eigenvalue weighted by atomic mass is 10.1. The van der Waals surface area contributed by atoms with Crippen molar-refractivity contribution in [1.82, 2.24) is 15.0 Å². The van der Waals surface area contributed by atoms with Crippen LogP contribution in [0.4, 0.5) is 8.78 Å². The molecule has 4 rings (SSSR count). The molecular weight excluding hydrogens is 376 g/mol. The van der Waals surface area contributed by atoms with Crippen molar-refractivity contribution in [3.8, 4) is 11.4 Å². The minimum atomic E-state index is -0.576. The highest BCUT2D eigenvalue weighted by molar-refractivity contribution is 6.30. The Bertz CT molecular complexity index is 1010. The van der Waals surface area contributed by atoms with Gasteiger partial charge in [0, 0.05) is 30.6 Å². The summed E-state index contributed by atoms with van der Waals surface area (Å²) >= 11 is 5.68. The molecule has 1 amide bonds. The lowest BCUT2D eigenvalue weighted by Crippen LogP contribution is -2.24. The summed E-state index contributed by atoms with van der Waals surface area (Å²) in [5.41, 5.74) is 0.883. The van der Waals surface area contributed by atoms with Crippen molar-refractivity contribution in [3.05, 3.63) is 70.6 Å². The number of hydrogen-bond acceptors (Lipinski definition) is 4. The molecule has 1 atom stereocenters. The molecule has 1 aromatic heterocycles. The molecule has 1 aliphatic rings. The van der Waals surface area contributed by atoms with Crippen LogP contribution in [0.2, 0.25) is 5.02 Å². The maximum absolute atomic E-state index is 13.8. The Hall–Kier alpha value is -2.80. The second-order valence-electron chi connectivity index (χ2n) is 6.35. The minimum Gasteiger partial charge on any atom is -0.339 e. The molecule has 0 spiro atoms. The number of carbonyl (C=O) groups is 1. The Morgan fingerprint density at radius 3 is 2.78 bits per heavy atom. The van der Waals surface area contributed by atoms with E-state index in [1.165, 1.54) is 18.2 Å². The van der Waals surface area contributed by atoms with E-state index >= 15 is 0 Å². The molecule has 27 heavy (non-hydrogen) atoms. The number of aromatic nitrogens is 2. The number of halogens is 3. The van der Waals surface area contributed by atoms with Crippen molar-refractivity contribution in [3.63, 3.8) is 0 Å². The molecule has 2 aromatic carbocycles. The monoisotopic (exact) mass is 389 g/mol. The molecule has 1 aliphatic heterocycles. The molecule has 0 aliphatic carbocycles. The van der Waals surface area contributed by atoms with Gasteiger partial charge in [-0.05, 0) is 24.3 Å². The molecule has 3 aromatic rings. The minimum absolute atomic E-state index is 0.00708. The first kappa shape index (κ1) is 17.6. The second kappa shape index (κ2) is 7.08. The van der Waals surface area contributed by atoms with Gasteiger partial charge in [0.05, 0.1) is 10.9 Å². The lowest BCUT2D eigenvalue weighted by Gasteiger charge is -2.16. The predicted octanol–water partition coefficient (Wildman–Crippen LogP) is 4.18. The number of rotatable bonds is 4. The highest BCUT2D eigenvalue weighted by Crippen LogP contribution is 2.30. The Morgan fingerprint density at radius 2 is 2.00 bits per heavy atom. The van der Waals surface area contributed by atoms with Crippen LogP contribution in [0.5, 0.6) is 0 Å². The first-order valence-corrected chi connectivity index (χ1v) is 8.69. The van der Waals surface area contributed by atoms with Crippen LogP contribution in [0.3, 0.4) is 0 Å². The summed E-state index contributed by atoms with van der Waals surface area (Å²) in [5, 5.41) is 3.87. The SMILES string of the molecule is O=C1CC(c2nc(-c3ccc(Cl)c(F)c3)no2)CN1Cc1ccccc1F. The third-order valence-corrected chi connectivity index (χ3v) is 4.81. The molecule has 138 valence electrons. The number of carbonyl (C=O) groups excluding carboxylic acids is 1. The lowest BCUT2D eigenvalue weighted by molar-refractivity contribution is -0.128. The Morgan fingerprint density at radius 1 is 1.19 bits per heavy atom. The van der Waals surface area contributed by atoms with Gasteiger partial charge in [-0.25, -0.2) is 8.78 Å². The summed E-state index contributed by atoms with van der Waals surface area (Å²) in [5.74, 6) is -0.806. The summed E-state index contributed by atoms with van der Waals surface area (Å²) in [7, 11) is 0. The predicted molar refractivity (Wildman–Crippen MR) is 93.9 cm³/mol. The molecule has 2 heterocycles. The third-order valence-electron chi connectivity index (χ3n) is 4.50. The van der Waals surface area contributed by atoms with E-state index in [2.05, 4.69) is 10.1 Å². The van der Waals surface area contributed by atoms with E-state index in [0.717, 1.165) is 0 Å². The van der Waals surface area contributed by atoms with Crippen LogP contribution in [0, 0.1) is 11.6 Å². The largest absolute Gasteiger partial charge is 0.339 e. The van der Waals surface area contributed by atoms with E-state index in [4.69, 9.17) is 16.1 Å². The molecule has 8 heteroatoms. The van der Waals surface area contributed by atoms with Gasteiger partial charge in [0.25, 0.3) is 0 Å². The summed E-state index contributed by atoms with van der Waals surface area (Å²) in [6.45, 7) is 0.537. The van der Waals surface area contributed by atoms with Gasteiger partial charge >= 0.3 is 0 Å². The Labute approximate surface area is 158 Å². The zero-order chi connectivity index (χ0) is 19.0. The van der Waals surface area contributed by atoms with Crippen molar-refractivity contribution >= 4 is 17.5 Å². The quantitative estimate of drug-likeness (QED) is 0.671. The van der Waals surface area contributed by atoms with Crippen LogP contribution in [-0.2, 0) is 11.3 Å². The first-order chi connectivity index (χ1) is 13.0. The summed E-state index contributed by atoms with van der Waals surface area (Å²) in [6.07, 6.45) is 0.199. The molecule has 1 unspecified atom stereocenters. The van der Waals surface area contributed by atoms with Gasteiger partial charge in [-0.15, -0.1) is 0 Å². The molecule has 5 nitrogen and oxygen atoms in total. The average molecular weight is 390 g/mol. The number of nitrogens with zero attached hydrogens (tertiary/aromatic N) is 3. The maximum atomic E-state index is 13.8. The second-order valence-corrected chi connectivity index (χ2v) is 6.76. The highest BCUT2D eigenvalue weighted by Gasteiger charge is 2.34. The first-order valence-electron chi connectivity index (χ1n) is 8.31. The standard InChI is InChI=1S/C19H14ClF2N3O2/c20-14-6-5-11(7-16(14)22)18-23-19(27-24-18)13-8-17(26)25(10-13)9-12-3-1-2-4-15(12)21/h1-7,13H,8-10H2. The van der Waals surface area contributed by atoms with Gasteiger partial charge < -0.3 is 9.42 Å². The number of benzene rings is 2. The van der Waals surface area contributed by atoms with E-state index in [-0.39, 0.29) is 41.5 Å². The number of hydrogen-bond donors (Lipinski definition) is 0. The van der Waals surface area contributed by atoms with Crippen LogP contribution in [0.1, 0.15) is 23.8 Å². The van der Waals surface area contributed by atoms with Crippen molar-refractivity contribution < 1.29 is 18.1 Å². The van der Waals surface area contributed by atoms with E-state index in [1.54, 1.807) is 29.2 Å². The van der Waals surface area contributed by atoms with Crippen molar-refractivity contribution in [2.24, 2.45) is 0 Å². The fourth-order valence-corrected chi connectivity index (χ4v) is 3.19. The molecule has 1 saturated heterocycles. The molecule has 0 saturated carbocycles. The summed E-state index contributed by atoms with van der Waals surface area (Å²) in [4.78, 5) is 18.1. The fourth-order valence-electron chi connectivity index (χ4n) is 3.08. The van der Waals surface area contributed by atoms with Crippen molar-refractivity contribution in [2.45, 2.75) is 18.9 Å². The Balaban J connectivity index is 1.50. The van der Waals surface area contributed by atoms with E-state index in [0.29, 0.717) is 23.6 Å². The fraction of sp³-hybridized carbons (Fsp3) is 0.211. The van der Waals surface area contributed by atoms with Gasteiger partial charge in [0.1, 0.15) is 11.6 Å². The summed E-state index contributed by atoms with van der Waals surface area (Å²) < 4.78 is 32.7. The molecule has 1 fully saturated rings. The number of amides is 1. The zero-order valence-corrected chi connectivity index (χ0v) is 14.8. The van der Waals surface area contributed by atoms with Gasteiger partial charge in [-0.3, -0.25) is 4.79 Å². The molecule has 0 bridgehead atoms. The molecule has 0 N–H and O–H groups in total. The van der Waals surface area contributed by atoms with Gasteiger partial charge in [-0.2, -0.15) is 4.98 Å². The molecular formula is C19H14ClF2N3O2. The molecule has 0 radical (unpaired) electrons. The van der Waals surface area contributed by atoms with Crippen LogP contribution in [0.15, 0.2) is 47.0 Å². The average Bonchev–Trinajstić information content (AvgIpc) is 3.27. The zero-order valence-electron chi connectivity index (χ0n) is 14.0. The van der Waals surface area contributed by atoms with E-state index in [1.807, 2.05) is 0 Å². The van der Waals surface area contributed by atoms with Crippen molar-refractivity contribution in [1.29, 1.82) is 0 Å². The van der Waals surface area contributed by atoms with E-state index in [9.17, 15) is 13.6 Å². The van der Waals surface area contributed by atoms with Crippen LogP contribution < -0.4 is 0 Å². The van der Waals surface area contributed by atoms with E-state index < -0.39 is 5.82 Å². The van der Waals surface area contributed by atoms with Gasteiger partial charge in [0.2, 0.25) is 17.6 Å². The van der Waals surface area contributed by atoms with Crippen LogP contribution in [-0.4, -0.2) is 27.5 Å². The number of likely N-dealkylation sites (tertiary alicyclic amines) is 1. The van der Waals surface area contributed by atoms with Gasteiger partial charge in [-0.1, -0.05) is 35.0 Å². The maximum Gasteiger partial charge on any atom is 0.232 e. The summed E-state index contributed by atoms with van der Waals surface area (Å²) in [6, 6.07) is 10.6. The normalized spacial score (nSPS) is 16.9. The van der Waals surface area contributed by atoms with Gasteiger partial charge in [0.15, 0.2) is 0 Å². The topological polar surface area (TPSA) is 59.2 Å². The van der Waals surface area contributed by atoms with Crippen LogP contribution in [0.25, 0.3) is 11.4 Å². The smallest absolute Gasteiger partial charge is 0.232 e. The highest BCUT2D eigenvalue weighted by atomic mass is 35.5.